The van der Waals surface area contributed by atoms with Gasteiger partial charge in [-0.05, 0) is 25.0 Å². The summed E-state index contributed by atoms with van der Waals surface area (Å²) in [5.74, 6) is 0.224. The van der Waals surface area contributed by atoms with E-state index in [1.54, 1.807) is 18.2 Å². The molecule has 27 heavy (non-hydrogen) atoms. The van der Waals surface area contributed by atoms with E-state index in [1.807, 2.05) is 0 Å². The third-order valence-corrected chi connectivity index (χ3v) is 4.63. The average molecular weight is 375 g/mol. The third-order valence-electron chi connectivity index (χ3n) is 4.63. The molecule has 0 radical (unpaired) electrons. The summed E-state index contributed by atoms with van der Waals surface area (Å²) in [5.41, 5.74) is 4.69. The number of nitriles is 1. The van der Waals surface area contributed by atoms with Crippen molar-refractivity contribution in [2.24, 2.45) is 0 Å². The summed E-state index contributed by atoms with van der Waals surface area (Å²) in [6.07, 6.45) is -2.52. The Labute approximate surface area is 152 Å². The minimum absolute atomic E-state index is 0.166. The van der Waals surface area contributed by atoms with Crippen LogP contribution in [-0.4, -0.2) is 61.5 Å². The van der Waals surface area contributed by atoms with Crippen LogP contribution < -0.4 is 5.73 Å². The highest BCUT2D eigenvalue weighted by Crippen LogP contribution is 2.40. The van der Waals surface area contributed by atoms with Crippen molar-refractivity contribution in [3.8, 4) is 6.07 Å². The lowest BCUT2D eigenvalue weighted by atomic mass is 9.96. The van der Waals surface area contributed by atoms with Gasteiger partial charge in [-0.25, -0.2) is 14.3 Å². The van der Waals surface area contributed by atoms with E-state index < -0.39 is 36.7 Å². The number of hydrogen-bond donors (Lipinski definition) is 3. The van der Waals surface area contributed by atoms with Crippen LogP contribution in [0.25, 0.3) is 5.52 Å². The number of nitrogens with zero attached hydrogens (tertiary/aromatic N) is 4. The van der Waals surface area contributed by atoms with Crippen LogP contribution in [0.4, 0.5) is 10.6 Å². The molecule has 3 heterocycles. The maximum atomic E-state index is 11.6. The Hall–Kier alpha value is -2.94. The predicted molar refractivity (Wildman–Crippen MR) is 87.0 cm³/mol. The highest BCUT2D eigenvalue weighted by atomic mass is 16.7. The molecule has 1 aliphatic carbocycles. The van der Waals surface area contributed by atoms with Crippen molar-refractivity contribution in [3.05, 3.63) is 24.2 Å². The summed E-state index contributed by atoms with van der Waals surface area (Å²) >= 11 is 0. The van der Waals surface area contributed by atoms with Crippen molar-refractivity contribution in [2.45, 2.75) is 42.9 Å². The number of anilines is 1. The molecule has 1 saturated carbocycles. The van der Waals surface area contributed by atoms with E-state index in [9.17, 15) is 20.3 Å². The fourth-order valence-electron chi connectivity index (χ4n) is 3.00. The number of carbonyl (C=O) groups is 1. The zero-order valence-corrected chi connectivity index (χ0v) is 14.1. The Bertz CT molecular complexity index is 922. The number of fused-ring (bicyclic) bond motifs is 1. The number of aromatic nitrogens is 3. The van der Waals surface area contributed by atoms with Crippen LogP contribution in [0, 0.1) is 11.3 Å². The molecule has 1 aliphatic heterocycles. The van der Waals surface area contributed by atoms with Gasteiger partial charge in [0.25, 0.3) is 0 Å². The first-order valence-corrected chi connectivity index (χ1v) is 8.32. The molecule has 2 aliphatic rings. The average Bonchev–Trinajstić information content (AvgIpc) is 3.30. The van der Waals surface area contributed by atoms with Crippen LogP contribution in [0.5, 0.6) is 0 Å². The molecule has 0 unspecified atom stereocenters. The lowest BCUT2D eigenvalue weighted by Crippen LogP contribution is -2.46. The van der Waals surface area contributed by atoms with Crippen molar-refractivity contribution >= 4 is 17.5 Å². The summed E-state index contributed by atoms with van der Waals surface area (Å²) < 4.78 is 16.9. The zero-order valence-electron chi connectivity index (χ0n) is 14.1. The summed E-state index contributed by atoms with van der Waals surface area (Å²) in [6.45, 7) is -0.593. The second-order valence-electron chi connectivity index (χ2n) is 6.53. The van der Waals surface area contributed by atoms with Gasteiger partial charge in [0.1, 0.15) is 48.9 Å². The van der Waals surface area contributed by atoms with Gasteiger partial charge in [0.2, 0.25) is 5.60 Å². The maximum Gasteiger partial charge on any atom is 0.508 e. The molecule has 2 aromatic heterocycles. The second kappa shape index (κ2) is 6.34. The van der Waals surface area contributed by atoms with Crippen LogP contribution in [0.1, 0.15) is 24.6 Å². The van der Waals surface area contributed by atoms with Crippen molar-refractivity contribution in [2.75, 3.05) is 12.3 Å². The first kappa shape index (κ1) is 17.5. The lowest BCUT2D eigenvalue weighted by molar-refractivity contribution is -0.0862. The molecule has 0 amide bonds. The largest absolute Gasteiger partial charge is 0.508 e. The Kier molecular flexibility index (Phi) is 4.11. The van der Waals surface area contributed by atoms with Crippen molar-refractivity contribution < 1.29 is 29.2 Å². The van der Waals surface area contributed by atoms with Crippen LogP contribution in [-0.2, 0) is 14.2 Å². The first-order chi connectivity index (χ1) is 12.9. The first-order valence-electron chi connectivity index (χ1n) is 8.32. The summed E-state index contributed by atoms with van der Waals surface area (Å²) in [7, 11) is 0. The zero-order chi connectivity index (χ0) is 19.2. The monoisotopic (exact) mass is 375 g/mol. The topological polar surface area (TPSA) is 165 Å². The van der Waals surface area contributed by atoms with Gasteiger partial charge in [0.15, 0.2) is 5.82 Å². The molecule has 4 rings (SSSR count). The number of aliphatic hydroxyl groups is 2. The van der Waals surface area contributed by atoms with Gasteiger partial charge in [-0.15, -0.1) is 0 Å². The normalized spacial score (nSPS) is 30.2. The number of nitrogen functional groups attached to an aromatic ring is 1. The molecule has 4 atom stereocenters. The van der Waals surface area contributed by atoms with E-state index in [0.29, 0.717) is 11.2 Å². The fraction of sp³-hybridized carbons (Fsp3) is 0.500. The molecule has 0 spiro atoms. The quantitative estimate of drug-likeness (QED) is 0.603. The van der Waals surface area contributed by atoms with Crippen molar-refractivity contribution in [1.29, 1.82) is 5.26 Å². The summed E-state index contributed by atoms with van der Waals surface area (Å²) in [4.78, 5) is 15.5. The van der Waals surface area contributed by atoms with Crippen LogP contribution in [0.2, 0.25) is 0 Å². The van der Waals surface area contributed by atoms with Gasteiger partial charge in [0.05, 0.1) is 5.69 Å². The molecule has 142 valence electrons. The minimum Gasteiger partial charge on any atom is -0.431 e. The Morgan fingerprint density at radius 3 is 2.96 bits per heavy atom. The van der Waals surface area contributed by atoms with Crippen LogP contribution >= 0.6 is 0 Å². The van der Waals surface area contributed by atoms with Crippen LogP contribution in [0.15, 0.2) is 18.5 Å². The minimum atomic E-state index is -1.95. The second-order valence-corrected chi connectivity index (χ2v) is 6.53. The van der Waals surface area contributed by atoms with Gasteiger partial charge in [0, 0.05) is 0 Å². The fourth-order valence-corrected chi connectivity index (χ4v) is 3.00. The molecule has 1 saturated heterocycles. The van der Waals surface area contributed by atoms with E-state index in [-0.39, 0.29) is 11.9 Å². The molecule has 11 heteroatoms. The predicted octanol–water partition coefficient (Wildman–Crippen LogP) is -0.317. The SMILES string of the molecule is N#C[C@]1(COC(=O)OC2CC2)O[C@@H](c2ccc3c(N)ncnn23)[C@H](O)[C@@H]1O. The van der Waals surface area contributed by atoms with E-state index in [2.05, 4.69) is 10.1 Å². The highest BCUT2D eigenvalue weighted by molar-refractivity contribution is 5.65. The summed E-state index contributed by atoms with van der Waals surface area (Å²) in [5, 5.41) is 34.5. The molecule has 0 aromatic carbocycles. The highest BCUT2D eigenvalue weighted by Gasteiger charge is 2.57. The smallest absolute Gasteiger partial charge is 0.431 e. The van der Waals surface area contributed by atoms with E-state index >= 15 is 0 Å². The number of rotatable bonds is 4. The molecular formula is C16H17N5O6. The molecule has 4 N–H and O–H groups in total. The lowest BCUT2D eigenvalue weighted by Gasteiger charge is -2.23. The number of carbonyl (C=O) groups excluding carboxylic acids is 1. The van der Waals surface area contributed by atoms with E-state index in [4.69, 9.17) is 19.9 Å². The molecular weight excluding hydrogens is 358 g/mol. The Morgan fingerprint density at radius 1 is 1.48 bits per heavy atom. The van der Waals surface area contributed by atoms with Crippen molar-refractivity contribution in [3.63, 3.8) is 0 Å². The standard InChI is InChI=1S/C16H17N5O6/c17-5-16(6-25-15(24)26-8-1-2-8)13(23)11(22)12(27-16)9-3-4-10-14(18)19-7-20-21(9)10/h3-4,7-8,11-13,22-23H,1-2,6H2,(H2,18,19,20)/t11-,12-,13-,16+/m0/s1. The van der Waals surface area contributed by atoms with E-state index in [1.165, 1.54) is 10.8 Å². The maximum absolute atomic E-state index is 11.6. The van der Waals surface area contributed by atoms with Gasteiger partial charge < -0.3 is 30.2 Å². The summed E-state index contributed by atoms with van der Waals surface area (Å²) in [6, 6.07) is 5.02. The van der Waals surface area contributed by atoms with Gasteiger partial charge in [-0.1, -0.05) is 0 Å². The number of hydrogen-bond acceptors (Lipinski definition) is 10. The van der Waals surface area contributed by atoms with Crippen LogP contribution in [0.3, 0.4) is 0 Å². The number of nitrogens with two attached hydrogens (primary N) is 1. The van der Waals surface area contributed by atoms with Gasteiger partial charge in [-0.2, -0.15) is 10.4 Å². The molecule has 2 aromatic rings. The Balaban J connectivity index is 1.57. The molecule has 11 nitrogen and oxygen atoms in total. The van der Waals surface area contributed by atoms with Gasteiger partial charge in [-0.3, -0.25) is 0 Å². The molecule has 2 fully saturated rings. The molecule has 0 bridgehead atoms. The Morgan fingerprint density at radius 2 is 2.26 bits per heavy atom. The number of ether oxygens (including phenoxy) is 3. The third kappa shape index (κ3) is 2.93. The van der Waals surface area contributed by atoms with E-state index in [0.717, 1.165) is 12.8 Å². The number of aliphatic hydroxyl groups excluding tert-OH is 2. The van der Waals surface area contributed by atoms with Gasteiger partial charge >= 0.3 is 6.16 Å². The van der Waals surface area contributed by atoms with Crippen molar-refractivity contribution in [1.82, 2.24) is 14.6 Å².